The monoisotopic (exact) mass is 467 g/mol. The van der Waals surface area contributed by atoms with Gasteiger partial charge in [0, 0.05) is 19.1 Å². The molecular formula is C27H31F2N3O2. The number of hydrogen-bond donors (Lipinski definition) is 0. The third kappa shape index (κ3) is 5.99. The number of amides is 1. The largest absolute Gasteiger partial charge is 0.367 e. The number of nitrogens with zero attached hydrogens (tertiary/aromatic N) is 3. The molecule has 2 heterocycles. The molecule has 1 amide bonds. The summed E-state index contributed by atoms with van der Waals surface area (Å²) in [5.41, 5.74) is 2.51. The molecule has 180 valence electrons. The topological polar surface area (TPSA) is 56.6 Å². The number of likely N-dealkylation sites (tertiary alicyclic amines) is 1. The van der Waals surface area contributed by atoms with E-state index in [-0.39, 0.29) is 30.1 Å². The van der Waals surface area contributed by atoms with Crippen molar-refractivity contribution in [2.24, 2.45) is 5.92 Å². The van der Waals surface area contributed by atoms with Crippen molar-refractivity contribution in [3.05, 3.63) is 65.2 Å². The summed E-state index contributed by atoms with van der Waals surface area (Å²) >= 11 is 0. The Morgan fingerprint density at radius 1 is 1.03 bits per heavy atom. The summed E-state index contributed by atoms with van der Waals surface area (Å²) in [4.78, 5) is 17.3. The molecule has 4 rings (SSSR count). The molecule has 34 heavy (non-hydrogen) atoms. The van der Waals surface area contributed by atoms with Gasteiger partial charge in [-0.25, -0.2) is 8.78 Å². The van der Waals surface area contributed by atoms with Crippen molar-refractivity contribution in [2.75, 3.05) is 44.3 Å². The van der Waals surface area contributed by atoms with Crippen molar-refractivity contribution >= 4 is 11.6 Å². The van der Waals surface area contributed by atoms with Crippen LogP contribution in [0.2, 0.25) is 0 Å². The molecule has 0 aliphatic carbocycles. The van der Waals surface area contributed by atoms with E-state index >= 15 is 0 Å². The van der Waals surface area contributed by atoms with Gasteiger partial charge in [-0.05, 0) is 86.5 Å². The Hall–Kier alpha value is -2.82. The molecule has 5 nitrogen and oxygen atoms in total. The van der Waals surface area contributed by atoms with Crippen LogP contribution in [0.5, 0.6) is 0 Å². The fourth-order valence-electron chi connectivity index (χ4n) is 5.15. The number of halogens is 2. The van der Waals surface area contributed by atoms with Gasteiger partial charge in [-0.3, -0.25) is 9.69 Å². The maximum Gasteiger partial charge on any atom is 0.241 e. The van der Waals surface area contributed by atoms with Crippen LogP contribution in [-0.4, -0.2) is 50.2 Å². The first-order chi connectivity index (χ1) is 16.5. The van der Waals surface area contributed by atoms with Gasteiger partial charge in [0.1, 0.15) is 18.2 Å². The normalized spacial score (nSPS) is 19.3. The van der Waals surface area contributed by atoms with Crippen LogP contribution in [0, 0.1) is 28.9 Å². The molecule has 0 spiro atoms. The van der Waals surface area contributed by atoms with Crippen molar-refractivity contribution in [1.82, 2.24) is 4.90 Å². The predicted molar refractivity (Wildman–Crippen MR) is 126 cm³/mol. The molecule has 0 saturated carbocycles. The average Bonchev–Trinajstić information content (AvgIpc) is 3.03. The number of nitriles is 1. The number of piperidine rings is 1. The highest BCUT2D eigenvalue weighted by Gasteiger charge is 2.29. The lowest BCUT2D eigenvalue weighted by atomic mass is 9.87. The molecule has 0 N–H and O–H groups in total. The zero-order valence-electron chi connectivity index (χ0n) is 19.4. The molecule has 2 aliphatic heterocycles. The van der Waals surface area contributed by atoms with E-state index in [1.54, 1.807) is 23.1 Å². The molecule has 2 aromatic rings. The Balaban J connectivity index is 1.43. The zero-order valence-corrected chi connectivity index (χ0v) is 19.4. The van der Waals surface area contributed by atoms with E-state index < -0.39 is 0 Å². The molecule has 2 aliphatic rings. The van der Waals surface area contributed by atoms with Crippen molar-refractivity contribution < 1.29 is 18.3 Å². The number of ether oxygens (including phenoxy) is 1. The molecule has 0 bridgehead atoms. The lowest BCUT2D eigenvalue weighted by molar-refractivity contribution is -0.120. The molecule has 7 heteroatoms. The Labute approximate surface area is 199 Å². The summed E-state index contributed by atoms with van der Waals surface area (Å²) in [7, 11) is 0. The SMILES string of the molecule is N#CCOCCC1CCN(CC(=O)N2CCCC(c3ccc(F)cc3)c3ccc(F)cc32)CC1. The number of carbonyl (C=O) groups is 1. The van der Waals surface area contributed by atoms with E-state index in [0.717, 1.165) is 56.3 Å². The Morgan fingerprint density at radius 3 is 2.50 bits per heavy atom. The molecule has 1 atom stereocenters. The van der Waals surface area contributed by atoms with Gasteiger partial charge in [-0.15, -0.1) is 0 Å². The highest BCUT2D eigenvalue weighted by Crippen LogP contribution is 2.39. The lowest BCUT2D eigenvalue weighted by Gasteiger charge is -2.33. The molecule has 0 aromatic heterocycles. The third-order valence-corrected chi connectivity index (χ3v) is 7.01. The minimum atomic E-state index is -0.365. The Morgan fingerprint density at radius 2 is 1.76 bits per heavy atom. The Kier molecular flexibility index (Phi) is 8.25. The number of benzene rings is 2. The van der Waals surface area contributed by atoms with Crippen LogP contribution in [0.15, 0.2) is 42.5 Å². The minimum absolute atomic E-state index is 0.00648. The van der Waals surface area contributed by atoms with Crippen molar-refractivity contribution in [2.45, 2.75) is 38.0 Å². The first kappa shape index (κ1) is 24.3. The van der Waals surface area contributed by atoms with E-state index in [9.17, 15) is 13.6 Å². The number of rotatable bonds is 7. The molecular weight excluding hydrogens is 436 g/mol. The number of fused-ring (bicyclic) bond motifs is 1. The van der Waals surface area contributed by atoms with Gasteiger partial charge in [-0.2, -0.15) is 5.26 Å². The molecule has 1 saturated heterocycles. The molecule has 2 aromatic carbocycles. The standard InChI is InChI=1S/C27H31F2N3O2/c28-22-5-3-21(4-6-22)24-2-1-13-32(26-18-23(29)7-8-25(24)26)27(33)19-31-14-9-20(10-15-31)11-16-34-17-12-30/h3-8,18,20,24H,1-2,9-11,13-17,19H2. The highest BCUT2D eigenvalue weighted by atomic mass is 19.1. The predicted octanol–water partition coefficient (Wildman–Crippen LogP) is 4.87. The van der Waals surface area contributed by atoms with Gasteiger partial charge in [-0.1, -0.05) is 18.2 Å². The van der Waals surface area contributed by atoms with E-state index in [1.165, 1.54) is 24.3 Å². The number of anilines is 1. The summed E-state index contributed by atoms with van der Waals surface area (Å²) in [6, 6.07) is 13.1. The highest BCUT2D eigenvalue weighted by molar-refractivity contribution is 5.96. The van der Waals surface area contributed by atoms with Crippen molar-refractivity contribution in [1.29, 1.82) is 5.26 Å². The van der Waals surface area contributed by atoms with E-state index in [2.05, 4.69) is 4.90 Å². The van der Waals surface area contributed by atoms with Crippen LogP contribution in [-0.2, 0) is 9.53 Å². The second-order valence-electron chi connectivity index (χ2n) is 9.21. The molecule has 1 fully saturated rings. The quantitative estimate of drug-likeness (QED) is 0.546. The van der Waals surface area contributed by atoms with Crippen LogP contribution < -0.4 is 4.90 Å². The maximum absolute atomic E-state index is 14.3. The van der Waals surface area contributed by atoms with Crippen LogP contribution in [0.3, 0.4) is 0 Å². The summed E-state index contributed by atoms with van der Waals surface area (Å²) in [5, 5.41) is 8.55. The van der Waals surface area contributed by atoms with E-state index in [0.29, 0.717) is 31.3 Å². The summed E-state index contributed by atoms with van der Waals surface area (Å²) in [6.45, 7) is 3.28. The second-order valence-corrected chi connectivity index (χ2v) is 9.21. The van der Waals surface area contributed by atoms with Crippen molar-refractivity contribution in [3.8, 4) is 6.07 Å². The van der Waals surface area contributed by atoms with E-state index in [1.807, 2.05) is 6.07 Å². The number of carbonyl (C=O) groups excluding carboxylic acids is 1. The smallest absolute Gasteiger partial charge is 0.241 e. The average molecular weight is 468 g/mol. The summed E-state index contributed by atoms with van der Waals surface area (Å²) in [5.74, 6) is -0.118. The second kappa shape index (κ2) is 11.5. The third-order valence-electron chi connectivity index (χ3n) is 7.01. The van der Waals surface area contributed by atoms with Crippen LogP contribution >= 0.6 is 0 Å². The van der Waals surface area contributed by atoms with Crippen molar-refractivity contribution in [3.63, 3.8) is 0 Å². The summed E-state index contributed by atoms with van der Waals surface area (Å²) in [6.07, 6.45) is 4.54. The fourth-order valence-corrected chi connectivity index (χ4v) is 5.15. The number of hydrogen-bond acceptors (Lipinski definition) is 4. The van der Waals surface area contributed by atoms with Gasteiger partial charge >= 0.3 is 0 Å². The maximum atomic E-state index is 14.3. The minimum Gasteiger partial charge on any atom is -0.367 e. The van der Waals surface area contributed by atoms with Crippen LogP contribution in [0.25, 0.3) is 0 Å². The first-order valence-electron chi connectivity index (χ1n) is 12.1. The van der Waals surface area contributed by atoms with Crippen LogP contribution in [0.1, 0.15) is 49.1 Å². The fraction of sp³-hybridized carbons (Fsp3) is 0.481. The summed E-state index contributed by atoms with van der Waals surface area (Å²) < 4.78 is 33.0. The van der Waals surface area contributed by atoms with Crippen LogP contribution in [0.4, 0.5) is 14.5 Å². The molecule has 0 radical (unpaired) electrons. The van der Waals surface area contributed by atoms with Gasteiger partial charge in [0.05, 0.1) is 18.3 Å². The first-order valence-corrected chi connectivity index (χ1v) is 12.1. The van der Waals surface area contributed by atoms with Gasteiger partial charge in [0.2, 0.25) is 5.91 Å². The van der Waals surface area contributed by atoms with Gasteiger partial charge in [0.15, 0.2) is 0 Å². The molecule has 1 unspecified atom stereocenters. The lowest BCUT2D eigenvalue weighted by Crippen LogP contribution is -2.44. The van der Waals surface area contributed by atoms with Gasteiger partial charge in [0.25, 0.3) is 0 Å². The van der Waals surface area contributed by atoms with E-state index in [4.69, 9.17) is 10.00 Å². The Bertz CT molecular complexity index is 1010. The zero-order chi connectivity index (χ0) is 23.9. The van der Waals surface area contributed by atoms with Gasteiger partial charge < -0.3 is 9.64 Å².